The predicted molar refractivity (Wildman–Crippen MR) is 86.0 cm³/mol. The van der Waals surface area contributed by atoms with Crippen molar-refractivity contribution >= 4 is 11.0 Å². The Morgan fingerprint density at radius 2 is 2.00 bits per heavy atom. The number of aromatic nitrogens is 2. The van der Waals surface area contributed by atoms with Crippen LogP contribution in [0.1, 0.15) is 45.4 Å². The van der Waals surface area contributed by atoms with Gasteiger partial charge in [-0.3, -0.25) is 0 Å². The van der Waals surface area contributed by atoms with Gasteiger partial charge in [-0.05, 0) is 37.9 Å². The number of hydrogen-bond acceptors (Lipinski definition) is 2. The van der Waals surface area contributed by atoms with Crippen LogP contribution in [0.5, 0.6) is 0 Å². The first-order chi connectivity index (χ1) is 9.76. The zero-order chi connectivity index (χ0) is 14.4. The molecule has 0 aliphatic carbocycles. The molecule has 0 aliphatic heterocycles. The van der Waals surface area contributed by atoms with Gasteiger partial charge in [0.15, 0.2) is 0 Å². The van der Waals surface area contributed by atoms with Crippen LogP contribution in [0.3, 0.4) is 0 Å². The van der Waals surface area contributed by atoms with Crippen molar-refractivity contribution in [2.24, 2.45) is 7.05 Å². The molecule has 1 aromatic carbocycles. The highest BCUT2D eigenvalue weighted by Gasteiger charge is 2.09. The van der Waals surface area contributed by atoms with Gasteiger partial charge >= 0.3 is 0 Å². The summed E-state index contributed by atoms with van der Waals surface area (Å²) < 4.78 is 2.23. The molecular weight excluding hydrogens is 246 g/mol. The summed E-state index contributed by atoms with van der Waals surface area (Å²) in [4.78, 5) is 4.74. The van der Waals surface area contributed by atoms with Crippen LogP contribution in [0.25, 0.3) is 11.0 Å². The Bertz CT molecular complexity index is 524. The van der Waals surface area contributed by atoms with Crippen LogP contribution in [-0.2, 0) is 13.5 Å². The molecule has 0 saturated heterocycles. The van der Waals surface area contributed by atoms with E-state index >= 15 is 0 Å². The fourth-order valence-electron chi connectivity index (χ4n) is 2.91. The lowest BCUT2D eigenvalue weighted by atomic mass is 10.0. The number of benzene rings is 1. The molecule has 0 bridgehead atoms. The minimum absolute atomic E-state index is 0.666. The van der Waals surface area contributed by atoms with E-state index in [0.29, 0.717) is 6.04 Å². The number of imidazole rings is 1. The average Bonchev–Trinajstić information content (AvgIpc) is 2.77. The molecule has 1 heterocycles. The second-order valence-electron chi connectivity index (χ2n) is 5.51. The molecule has 0 amide bonds. The van der Waals surface area contributed by atoms with Crippen molar-refractivity contribution in [2.75, 3.05) is 6.54 Å². The maximum Gasteiger partial charge on any atom is 0.109 e. The van der Waals surface area contributed by atoms with Crippen molar-refractivity contribution in [3.8, 4) is 0 Å². The third kappa shape index (κ3) is 3.60. The van der Waals surface area contributed by atoms with Crippen LogP contribution in [0.4, 0.5) is 0 Å². The Hall–Kier alpha value is -1.35. The van der Waals surface area contributed by atoms with Crippen LogP contribution in [0.15, 0.2) is 24.3 Å². The number of hydrogen-bond donors (Lipinski definition) is 1. The van der Waals surface area contributed by atoms with Gasteiger partial charge in [0.05, 0.1) is 11.0 Å². The lowest BCUT2D eigenvalue weighted by molar-refractivity contribution is 0.445. The molecule has 2 rings (SSSR count). The lowest BCUT2D eigenvalue weighted by Crippen LogP contribution is -2.28. The monoisotopic (exact) mass is 273 g/mol. The Labute approximate surface area is 122 Å². The van der Waals surface area contributed by atoms with Crippen molar-refractivity contribution in [3.05, 3.63) is 30.1 Å². The van der Waals surface area contributed by atoms with Gasteiger partial charge in [-0.1, -0.05) is 32.4 Å². The van der Waals surface area contributed by atoms with E-state index in [9.17, 15) is 0 Å². The molecular formula is C17H27N3. The highest BCUT2D eigenvalue weighted by Crippen LogP contribution is 2.16. The molecule has 0 radical (unpaired) electrons. The SMILES string of the molecule is CCCC(CCCc1nc2ccccc2n1C)NCC. The number of nitrogens with one attached hydrogen (secondary N) is 1. The maximum atomic E-state index is 4.74. The fraction of sp³-hybridized carbons (Fsp3) is 0.588. The van der Waals surface area contributed by atoms with E-state index in [1.54, 1.807) is 0 Å². The van der Waals surface area contributed by atoms with E-state index in [-0.39, 0.29) is 0 Å². The Morgan fingerprint density at radius 3 is 2.70 bits per heavy atom. The summed E-state index contributed by atoms with van der Waals surface area (Å²) >= 11 is 0. The van der Waals surface area contributed by atoms with Gasteiger partial charge < -0.3 is 9.88 Å². The number of rotatable bonds is 8. The number of para-hydroxylation sites is 2. The van der Waals surface area contributed by atoms with Crippen LogP contribution in [0, 0.1) is 0 Å². The molecule has 0 saturated carbocycles. The molecule has 1 unspecified atom stereocenters. The first kappa shape index (κ1) is 15.0. The van der Waals surface area contributed by atoms with Crippen molar-refractivity contribution in [1.82, 2.24) is 14.9 Å². The number of fused-ring (bicyclic) bond motifs is 1. The fourth-order valence-corrected chi connectivity index (χ4v) is 2.91. The van der Waals surface area contributed by atoms with Gasteiger partial charge in [0, 0.05) is 19.5 Å². The van der Waals surface area contributed by atoms with Gasteiger partial charge in [-0.15, -0.1) is 0 Å². The third-order valence-corrected chi connectivity index (χ3v) is 3.96. The van der Waals surface area contributed by atoms with E-state index in [4.69, 9.17) is 4.98 Å². The summed E-state index contributed by atoms with van der Waals surface area (Å²) in [5.74, 6) is 1.21. The Balaban J connectivity index is 1.93. The quantitative estimate of drug-likeness (QED) is 0.795. The highest BCUT2D eigenvalue weighted by atomic mass is 15.1. The molecule has 1 N–H and O–H groups in total. The van der Waals surface area contributed by atoms with Crippen molar-refractivity contribution in [2.45, 2.75) is 52.0 Å². The van der Waals surface area contributed by atoms with Crippen molar-refractivity contribution in [1.29, 1.82) is 0 Å². The standard InChI is InChI=1S/C17H27N3/c1-4-9-14(18-5-2)10-8-13-17-19-15-11-6-7-12-16(15)20(17)3/h6-7,11-12,14,18H,4-5,8-10,13H2,1-3H3. The molecule has 110 valence electrons. The third-order valence-electron chi connectivity index (χ3n) is 3.96. The normalized spacial score (nSPS) is 12.9. The predicted octanol–water partition coefficient (Wildman–Crippen LogP) is 3.67. The van der Waals surface area contributed by atoms with E-state index < -0.39 is 0 Å². The smallest absolute Gasteiger partial charge is 0.109 e. The minimum atomic E-state index is 0.666. The molecule has 2 aromatic rings. The molecule has 3 nitrogen and oxygen atoms in total. The van der Waals surface area contributed by atoms with Crippen molar-refractivity contribution < 1.29 is 0 Å². The zero-order valence-electron chi connectivity index (χ0n) is 13.0. The second kappa shape index (κ2) is 7.44. The number of aryl methyl sites for hydroxylation is 2. The summed E-state index contributed by atoms with van der Waals surface area (Å²) in [5.41, 5.74) is 2.35. The van der Waals surface area contributed by atoms with E-state index in [1.807, 2.05) is 0 Å². The maximum absolute atomic E-state index is 4.74. The molecule has 1 atom stereocenters. The summed E-state index contributed by atoms with van der Waals surface area (Å²) in [6.45, 7) is 5.51. The summed E-state index contributed by atoms with van der Waals surface area (Å²) in [6, 6.07) is 9.04. The Morgan fingerprint density at radius 1 is 1.20 bits per heavy atom. The van der Waals surface area contributed by atoms with Gasteiger partial charge in [0.1, 0.15) is 5.82 Å². The molecule has 0 aliphatic rings. The van der Waals surface area contributed by atoms with Gasteiger partial charge in [0.25, 0.3) is 0 Å². The van der Waals surface area contributed by atoms with E-state index in [2.05, 4.69) is 55.0 Å². The molecule has 20 heavy (non-hydrogen) atoms. The summed E-state index contributed by atoms with van der Waals surface area (Å²) in [5, 5.41) is 3.58. The van der Waals surface area contributed by atoms with Gasteiger partial charge in [0.2, 0.25) is 0 Å². The van der Waals surface area contributed by atoms with Gasteiger partial charge in [-0.25, -0.2) is 4.98 Å². The van der Waals surface area contributed by atoms with Crippen LogP contribution in [-0.4, -0.2) is 22.1 Å². The van der Waals surface area contributed by atoms with E-state index in [0.717, 1.165) is 18.5 Å². The summed E-state index contributed by atoms with van der Waals surface area (Å²) in [6.07, 6.45) is 6.04. The second-order valence-corrected chi connectivity index (χ2v) is 5.51. The van der Waals surface area contributed by atoms with Crippen LogP contribution >= 0.6 is 0 Å². The molecule has 3 heteroatoms. The highest BCUT2D eigenvalue weighted by molar-refractivity contribution is 5.75. The molecule has 0 spiro atoms. The Kier molecular flexibility index (Phi) is 5.60. The average molecular weight is 273 g/mol. The van der Waals surface area contributed by atoms with Gasteiger partial charge in [-0.2, -0.15) is 0 Å². The molecule has 1 aromatic heterocycles. The largest absolute Gasteiger partial charge is 0.331 e. The zero-order valence-corrected chi connectivity index (χ0v) is 13.0. The minimum Gasteiger partial charge on any atom is -0.331 e. The molecule has 0 fully saturated rings. The number of nitrogens with zero attached hydrogens (tertiary/aromatic N) is 2. The first-order valence-corrected chi connectivity index (χ1v) is 7.90. The first-order valence-electron chi connectivity index (χ1n) is 7.90. The van der Waals surface area contributed by atoms with Crippen LogP contribution in [0.2, 0.25) is 0 Å². The topological polar surface area (TPSA) is 29.9 Å². The van der Waals surface area contributed by atoms with Crippen molar-refractivity contribution in [3.63, 3.8) is 0 Å². The van der Waals surface area contributed by atoms with E-state index in [1.165, 1.54) is 37.0 Å². The van der Waals surface area contributed by atoms with Crippen LogP contribution < -0.4 is 5.32 Å². The lowest BCUT2D eigenvalue weighted by Gasteiger charge is -2.16. The summed E-state index contributed by atoms with van der Waals surface area (Å²) in [7, 11) is 2.12.